The zero-order valence-corrected chi connectivity index (χ0v) is 15.3. The Morgan fingerprint density at radius 1 is 1.14 bits per heavy atom. The molecule has 150 valence electrons. The maximum absolute atomic E-state index is 14.2. The number of hydrogen-bond acceptors (Lipinski definition) is 2. The van der Waals surface area contributed by atoms with Gasteiger partial charge in [0.25, 0.3) is 0 Å². The highest BCUT2D eigenvalue weighted by atomic mass is 19.4. The van der Waals surface area contributed by atoms with Gasteiger partial charge in [0.2, 0.25) is 5.91 Å². The number of hydrogen-bond donors (Lipinski definition) is 0. The van der Waals surface area contributed by atoms with Gasteiger partial charge in [-0.1, -0.05) is 18.2 Å². The summed E-state index contributed by atoms with van der Waals surface area (Å²) in [6.45, 7) is 0.219. The van der Waals surface area contributed by atoms with Crippen LogP contribution in [0.3, 0.4) is 0 Å². The molecule has 1 atom stereocenters. The number of carbonyl (C=O) groups excluding carboxylic acids is 1. The van der Waals surface area contributed by atoms with E-state index in [1.807, 2.05) is 0 Å². The van der Waals surface area contributed by atoms with Gasteiger partial charge in [-0.25, -0.2) is 4.39 Å². The summed E-state index contributed by atoms with van der Waals surface area (Å²) < 4.78 is 55.4. The van der Waals surface area contributed by atoms with Crippen molar-refractivity contribution < 1.29 is 22.4 Å². The standard InChI is InChI=1S/C20H21F4N3O/c21-15-8-3-1-6-13(15)16-10-5-11-26(16)18(28)12-27-17-9-4-2-7-14(17)19(25-27)20(22,23)24/h1,3,6,8,16H,2,4-5,7,9-12H2/t16-/m1/s1. The summed E-state index contributed by atoms with van der Waals surface area (Å²) in [5, 5.41) is 3.76. The van der Waals surface area contributed by atoms with Crippen LogP contribution in [0.4, 0.5) is 17.6 Å². The molecule has 1 aliphatic carbocycles. The number of carbonyl (C=O) groups is 1. The van der Waals surface area contributed by atoms with Gasteiger partial charge in [0.15, 0.2) is 5.69 Å². The summed E-state index contributed by atoms with van der Waals surface area (Å²) in [5.41, 5.74) is 0.307. The van der Waals surface area contributed by atoms with Gasteiger partial charge in [-0.3, -0.25) is 9.48 Å². The number of aromatic nitrogens is 2. The maximum Gasteiger partial charge on any atom is 0.435 e. The highest BCUT2D eigenvalue weighted by Crippen LogP contribution is 2.37. The van der Waals surface area contributed by atoms with Gasteiger partial charge < -0.3 is 4.90 Å². The Morgan fingerprint density at radius 2 is 1.89 bits per heavy atom. The summed E-state index contributed by atoms with van der Waals surface area (Å²) in [6.07, 6.45) is -0.863. The number of alkyl halides is 3. The van der Waals surface area contributed by atoms with E-state index in [1.54, 1.807) is 23.1 Å². The van der Waals surface area contributed by atoms with E-state index >= 15 is 0 Å². The molecule has 1 fully saturated rings. The highest BCUT2D eigenvalue weighted by molar-refractivity contribution is 5.77. The largest absolute Gasteiger partial charge is 0.435 e. The molecule has 8 heteroatoms. The van der Waals surface area contributed by atoms with E-state index in [4.69, 9.17) is 0 Å². The molecule has 0 radical (unpaired) electrons. The topological polar surface area (TPSA) is 38.1 Å². The lowest BCUT2D eigenvalue weighted by atomic mass is 9.95. The summed E-state index contributed by atoms with van der Waals surface area (Å²) in [5.74, 6) is -0.696. The molecule has 4 nitrogen and oxygen atoms in total. The second kappa shape index (κ2) is 7.22. The number of likely N-dealkylation sites (tertiary alicyclic amines) is 1. The van der Waals surface area contributed by atoms with E-state index in [9.17, 15) is 22.4 Å². The molecule has 2 aromatic rings. The maximum atomic E-state index is 14.2. The number of halogens is 4. The molecule has 0 N–H and O–H groups in total. The predicted molar refractivity (Wildman–Crippen MR) is 94.0 cm³/mol. The van der Waals surface area contributed by atoms with Crippen molar-refractivity contribution in [2.24, 2.45) is 0 Å². The molecule has 0 bridgehead atoms. The van der Waals surface area contributed by atoms with Gasteiger partial charge in [0.05, 0.1) is 6.04 Å². The number of benzene rings is 1. The highest BCUT2D eigenvalue weighted by Gasteiger charge is 2.40. The fourth-order valence-corrected chi connectivity index (χ4v) is 4.38. The summed E-state index contributed by atoms with van der Waals surface area (Å²) in [7, 11) is 0. The van der Waals surface area contributed by atoms with Crippen molar-refractivity contribution in [2.45, 2.75) is 57.3 Å². The van der Waals surface area contributed by atoms with Crippen LogP contribution >= 0.6 is 0 Å². The van der Waals surface area contributed by atoms with Crippen LogP contribution in [-0.2, 0) is 30.4 Å². The molecule has 1 saturated heterocycles. The number of amides is 1. The zero-order valence-electron chi connectivity index (χ0n) is 15.3. The first-order valence-electron chi connectivity index (χ1n) is 9.56. The van der Waals surface area contributed by atoms with E-state index < -0.39 is 11.9 Å². The molecule has 1 aromatic heterocycles. The third-order valence-corrected chi connectivity index (χ3v) is 5.65. The number of fused-ring (bicyclic) bond motifs is 1. The molecule has 0 unspecified atom stereocenters. The SMILES string of the molecule is O=C(Cn1nc(C(F)(F)F)c2c1CCCC2)N1CCC[C@@H]1c1ccccc1F. The minimum Gasteiger partial charge on any atom is -0.334 e. The van der Waals surface area contributed by atoms with Gasteiger partial charge in [0.1, 0.15) is 12.4 Å². The van der Waals surface area contributed by atoms with E-state index in [0.29, 0.717) is 43.5 Å². The van der Waals surface area contributed by atoms with E-state index in [1.165, 1.54) is 10.7 Å². The third kappa shape index (κ3) is 3.40. The number of nitrogens with zero attached hydrogens (tertiary/aromatic N) is 3. The molecule has 2 aliphatic rings. The normalized spacial score (nSPS) is 19.7. The predicted octanol–water partition coefficient (Wildman–Crippen LogP) is 4.28. The van der Waals surface area contributed by atoms with Crippen LogP contribution in [-0.4, -0.2) is 27.1 Å². The Bertz CT molecular complexity index is 890. The van der Waals surface area contributed by atoms with Gasteiger partial charge in [0, 0.05) is 23.4 Å². The Hall–Kier alpha value is -2.38. The smallest absolute Gasteiger partial charge is 0.334 e. The monoisotopic (exact) mass is 395 g/mol. The van der Waals surface area contributed by atoms with Crippen molar-refractivity contribution in [1.29, 1.82) is 0 Å². The van der Waals surface area contributed by atoms with Crippen molar-refractivity contribution in [2.75, 3.05) is 6.54 Å². The summed E-state index contributed by atoms with van der Waals surface area (Å²) in [4.78, 5) is 14.5. The van der Waals surface area contributed by atoms with Crippen molar-refractivity contribution in [3.05, 3.63) is 52.6 Å². The number of rotatable bonds is 3. The summed E-state index contributed by atoms with van der Waals surface area (Å²) in [6, 6.07) is 5.94. The van der Waals surface area contributed by atoms with Crippen molar-refractivity contribution in [3.8, 4) is 0 Å². The fourth-order valence-electron chi connectivity index (χ4n) is 4.38. The lowest BCUT2D eigenvalue weighted by molar-refractivity contribution is -0.142. The van der Waals surface area contributed by atoms with Gasteiger partial charge in [-0.15, -0.1) is 0 Å². The molecule has 4 rings (SSSR count). The Morgan fingerprint density at radius 3 is 2.64 bits per heavy atom. The minimum absolute atomic E-state index is 0.221. The van der Waals surface area contributed by atoms with Gasteiger partial charge in [-0.05, 0) is 44.6 Å². The minimum atomic E-state index is -4.53. The third-order valence-electron chi connectivity index (χ3n) is 5.65. The average Bonchev–Trinajstić information content (AvgIpc) is 3.27. The molecular weight excluding hydrogens is 374 g/mol. The fraction of sp³-hybridized carbons (Fsp3) is 0.500. The van der Waals surface area contributed by atoms with E-state index in [2.05, 4.69) is 5.10 Å². The van der Waals surface area contributed by atoms with E-state index in [-0.39, 0.29) is 29.9 Å². The van der Waals surface area contributed by atoms with Gasteiger partial charge >= 0.3 is 6.18 Å². The molecule has 2 heterocycles. The van der Waals surface area contributed by atoms with Crippen LogP contribution in [0.2, 0.25) is 0 Å². The molecule has 0 spiro atoms. The first-order chi connectivity index (χ1) is 13.4. The molecule has 1 aliphatic heterocycles. The van der Waals surface area contributed by atoms with Crippen molar-refractivity contribution in [1.82, 2.24) is 14.7 Å². The van der Waals surface area contributed by atoms with E-state index in [0.717, 1.165) is 12.8 Å². The lowest BCUT2D eigenvalue weighted by Crippen LogP contribution is -2.34. The average molecular weight is 395 g/mol. The first-order valence-corrected chi connectivity index (χ1v) is 9.56. The second-order valence-electron chi connectivity index (χ2n) is 7.40. The molecular formula is C20H21F4N3O. The molecule has 1 aromatic carbocycles. The van der Waals surface area contributed by atoms with Crippen molar-refractivity contribution >= 4 is 5.91 Å². The Labute approximate surface area is 160 Å². The van der Waals surface area contributed by atoms with Crippen molar-refractivity contribution in [3.63, 3.8) is 0 Å². The van der Waals surface area contributed by atoms with Crippen LogP contribution in [0, 0.1) is 5.82 Å². The summed E-state index contributed by atoms with van der Waals surface area (Å²) >= 11 is 0. The molecule has 0 saturated carbocycles. The Balaban J connectivity index is 1.60. The van der Waals surface area contributed by atoms with Crippen LogP contribution in [0.5, 0.6) is 0 Å². The lowest BCUT2D eigenvalue weighted by Gasteiger charge is -2.26. The quantitative estimate of drug-likeness (QED) is 0.728. The van der Waals surface area contributed by atoms with Crippen LogP contribution in [0.15, 0.2) is 24.3 Å². The van der Waals surface area contributed by atoms with Crippen LogP contribution < -0.4 is 0 Å². The zero-order chi connectivity index (χ0) is 19.9. The molecule has 28 heavy (non-hydrogen) atoms. The Kier molecular flexibility index (Phi) is 4.89. The molecule has 1 amide bonds. The first kappa shape index (κ1) is 19.0. The second-order valence-corrected chi connectivity index (χ2v) is 7.40. The van der Waals surface area contributed by atoms with Crippen LogP contribution in [0.25, 0.3) is 0 Å². The van der Waals surface area contributed by atoms with Crippen LogP contribution in [0.1, 0.15) is 54.2 Å². The van der Waals surface area contributed by atoms with Gasteiger partial charge in [-0.2, -0.15) is 18.3 Å².